The van der Waals surface area contributed by atoms with E-state index in [2.05, 4.69) is 31.3 Å². The van der Waals surface area contributed by atoms with Gasteiger partial charge < -0.3 is 5.32 Å². The highest BCUT2D eigenvalue weighted by Gasteiger charge is 2.02. The van der Waals surface area contributed by atoms with E-state index in [4.69, 9.17) is 11.6 Å². The number of nitrogens with zero attached hydrogens (tertiary/aromatic N) is 3. The summed E-state index contributed by atoms with van der Waals surface area (Å²) in [5, 5.41) is 7.76. The summed E-state index contributed by atoms with van der Waals surface area (Å²) in [5.41, 5.74) is 1.90. The Morgan fingerprint density at radius 1 is 1.50 bits per heavy atom. The summed E-state index contributed by atoms with van der Waals surface area (Å²) in [7, 11) is 1.89. The highest BCUT2D eigenvalue weighted by atomic mass is 79.9. The zero-order valence-corrected chi connectivity index (χ0v) is 11.0. The molecule has 2 rings (SSSR count). The molecule has 0 bridgehead atoms. The van der Waals surface area contributed by atoms with Crippen molar-refractivity contribution in [2.24, 2.45) is 7.05 Å². The number of rotatable bonds is 3. The molecule has 0 radical (unpaired) electrons. The molecule has 0 aliphatic heterocycles. The number of nitrogens with one attached hydrogen (secondary N) is 1. The minimum absolute atomic E-state index is 0.465. The summed E-state index contributed by atoms with van der Waals surface area (Å²) in [5.74, 6) is 0. The van der Waals surface area contributed by atoms with Gasteiger partial charge in [0.05, 0.1) is 11.9 Å². The van der Waals surface area contributed by atoms with Crippen LogP contribution in [-0.2, 0) is 13.6 Å². The van der Waals surface area contributed by atoms with Gasteiger partial charge in [-0.2, -0.15) is 5.10 Å². The lowest BCUT2D eigenvalue weighted by molar-refractivity contribution is 0.767. The number of aromatic nitrogens is 3. The molecule has 2 aromatic heterocycles. The monoisotopic (exact) mass is 300 g/mol. The second-order valence-corrected chi connectivity index (χ2v) is 4.64. The molecule has 1 N–H and O–H groups in total. The first-order valence-corrected chi connectivity index (χ1v) is 5.84. The highest BCUT2D eigenvalue weighted by Crippen LogP contribution is 2.23. The quantitative estimate of drug-likeness (QED) is 0.887. The summed E-state index contributed by atoms with van der Waals surface area (Å²) in [6, 6.07) is 1.89. The fraction of sp³-hybridized carbons (Fsp3) is 0.200. The number of halogens is 2. The lowest BCUT2D eigenvalue weighted by atomic mass is 10.3. The van der Waals surface area contributed by atoms with Crippen LogP contribution in [0.2, 0.25) is 5.15 Å². The molecule has 0 spiro atoms. The van der Waals surface area contributed by atoms with Crippen molar-refractivity contribution < 1.29 is 0 Å². The Kier molecular flexibility index (Phi) is 3.46. The van der Waals surface area contributed by atoms with E-state index in [1.807, 2.05) is 25.5 Å². The van der Waals surface area contributed by atoms with E-state index in [9.17, 15) is 0 Å². The SMILES string of the molecule is Cn1cc(CNc2cc(Br)cnc2Cl)cn1. The van der Waals surface area contributed by atoms with E-state index in [0.717, 1.165) is 15.7 Å². The van der Waals surface area contributed by atoms with E-state index in [0.29, 0.717) is 11.7 Å². The predicted octanol–water partition coefficient (Wildman–Crippen LogP) is 2.84. The molecule has 16 heavy (non-hydrogen) atoms. The number of pyridine rings is 1. The van der Waals surface area contributed by atoms with E-state index in [1.54, 1.807) is 10.9 Å². The zero-order valence-electron chi connectivity index (χ0n) is 8.61. The lowest BCUT2D eigenvalue weighted by Crippen LogP contribution is -1.99. The molecular formula is C10H10BrClN4. The van der Waals surface area contributed by atoms with Crippen LogP contribution in [0.25, 0.3) is 0 Å². The first-order valence-electron chi connectivity index (χ1n) is 4.67. The maximum absolute atomic E-state index is 5.95. The fourth-order valence-electron chi connectivity index (χ4n) is 1.31. The van der Waals surface area contributed by atoms with Gasteiger partial charge in [-0.1, -0.05) is 11.6 Å². The molecule has 0 fully saturated rings. The standard InChI is InChI=1S/C10H10BrClN4/c1-16-6-7(4-15-16)3-13-9-2-8(11)5-14-10(9)12/h2,4-6,13H,3H2,1H3. The Labute approximate surface area is 107 Å². The molecule has 0 aliphatic carbocycles. The first kappa shape index (κ1) is 11.4. The van der Waals surface area contributed by atoms with Crippen molar-refractivity contribution in [2.75, 3.05) is 5.32 Å². The number of hydrogen-bond acceptors (Lipinski definition) is 3. The van der Waals surface area contributed by atoms with Gasteiger partial charge in [0.15, 0.2) is 5.15 Å². The average molecular weight is 302 g/mol. The van der Waals surface area contributed by atoms with Crippen molar-refractivity contribution in [1.82, 2.24) is 14.8 Å². The summed E-state index contributed by atoms with van der Waals surface area (Å²) >= 11 is 9.30. The number of aryl methyl sites for hydroxylation is 1. The largest absolute Gasteiger partial charge is 0.378 e. The second kappa shape index (κ2) is 4.84. The predicted molar refractivity (Wildman–Crippen MR) is 67.5 cm³/mol. The zero-order chi connectivity index (χ0) is 11.5. The third kappa shape index (κ3) is 2.74. The van der Waals surface area contributed by atoms with Crippen LogP contribution in [0.4, 0.5) is 5.69 Å². The molecule has 6 heteroatoms. The van der Waals surface area contributed by atoms with Crippen molar-refractivity contribution in [3.63, 3.8) is 0 Å². The summed E-state index contributed by atoms with van der Waals surface area (Å²) in [4.78, 5) is 4.03. The third-order valence-electron chi connectivity index (χ3n) is 2.05. The van der Waals surface area contributed by atoms with Crippen LogP contribution in [0.5, 0.6) is 0 Å². The van der Waals surface area contributed by atoms with Crippen LogP contribution >= 0.6 is 27.5 Å². The molecule has 84 valence electrons. The molecule has 0 unspecified atom stereocenters. The van der Waals surface area contributed by atoms with E-state index in [1.165, 1.54) is 0 Å². The van der Waals surface area contributed by atoms with Gasteiger partial charge in [0.25, 0.3) is 0 Å². The minimum Gasteiger partial charge on any atom is -0.378 e. The van der Waals surface area contributed by atoms with Crippen LogP contribution in [0.15, 0.2) is 29.1 Å². The molecule has 0 saturated carbocycles. The molecular weight excluding hydrogens is 291 g/mol. The maximum Gasteiger partial charge on any atom is 0.152 e. The number of anilines is 1. The van der Waals surface area contributed by atoms with Gasteiger partial charge in [0.2, 0.25) is 0 Å². The van der Waals surface area contributed by atoms with Crippen molar-refractivity contribution in [3.05, 3.63) is 39.8 Å². The number of hydrogen-bond donors (Lipinski definition) is 1. The first-order chi connectivity index (χ1) is 7.65. The topological polar surface area (TPSA) is 42.7 Å². The molecule has 0 atom stereocenters. The Balaban J connectivity index is 2.07. The Bertz CT molecular complexity index is 497. The van der Waals surface area contributed by atoms with Crippen LogP contribution in [0.1, 0.15) is 5.56 Å². The summed E-state index contributed by atoms with van der Waals surface area (Å²) in [6.45, 7) is 0.672. The van der Waals surface area contributed by atoms with Crippen molar-refractivity contribution >= 4 is 33.2 Å². The summed E-state index contributed by atoms with van der Waals surface area (Å²) < 4.78 is 2.66. The maximum atomic E-state index is 5.95. The Morgan fingerprint density at radius 2 is 2.31 bits per heavy atom. The highest BCUT2D eigenvalue weighted by molar-refractivity contribution is 9.10. The lowest BCUT2D eigenvalue weighted by Gasteiger charge is -2.06. The van der Waals surface area contributed by atoms with E-state index < -0.39 is 0 Å². The molecule has 2 aromatic rings. The van der Waals surface area contributed by atoms with Gasteiger partial charge in [-0.05, 0) is 22.0 Å². The fourth-order valence-corrected chi connectivity index (χ4v) is 1.81. The summed E-state index contributed by atoms with van der Waals surface area (Å²) in [6.07, 6.45) is 5.43. The van der Waals surface area contributed by atoms with Crippen LogP contribution in [0.3, 0.4) is 0 Å². The normalized spacial score (nSPS) is 10.4. The van der Waals surface area contributed by atoms with Crippen LogP contribution in [-0.4, -0.2) is 14.8 Å². The van der Waals surface area contributed by atoms with E-state index >= 15 is 0 Å². The van der Waals surface area contributed by atoms with Gasteiger partial charge >= 0.3 is 0 Å². The van der Waals surface area contributed by atoms with Crippen molar-refractivity contribution in [3.8, 4) is 0 Å². The van der Waals surface area contributed by atoms with Crippen molar-refractivity contribution in [1.29, 1.82) is 0 Å². The molecule has 2 heterocycles. The molecule has 4 nitrogen and oxygen atoms in total. The van der Waals surface area contributed by atoms with Gasteiger partial charge in [-0.25, -0.2) is 4.98 Å². The van der Waals surface area contributed by atoms with Crippen molar-refractivity contribution in [2.45, 2.75) is 6.54 Å². The van der Waals surface area contributed by atoms with E-state index in [-0.39, 0.29) is 0 Å². The molecule has 0 aromatic carbocycles. The van der Waals surface area contributed by atoms with Gasteiger partial charge in [0.1, 0.15) is 0 Å². The Hall–Kier alpha value is -1.07. The van der Waals surface area contributed by atoms with Gasteiger partial charge in [0, 0.05) is 36.0 Å². The minimum atomic E-state index is 0.465. The smallest absolute Gasteiger partial charge is 0.152 e. The third-order valence-corrected chi connectivity index (χ3v) is 2.78. The second-order valence-electron chi connectivity index (χ2n) is 3.37. The molecule has 0 aliphatic rings. The average Bonchev–Trinajstić information content (AvgIpc) is 2.66. The Morgan fingerprint density at radius 3 is 3.00 bits per heavy atom. The van der Waals surface area contributed by atoms with Crippen LogP contribution < -0.4 is 5.32 Å². The van der Waals surface area contributed by atoms with Crippen LogP contribution in [0, 0.1) is 0 Å². The molecule has 0 amide bonds. The van der Waals surface area contributed by atoms with Gasteiger partial charge in [-0.3, -0.25) is 4.68 Å². The van der Waals surface area contributed by atoms with Gasteiger partial charge in [-0.15, -0.1) is 0 Å². The molecule has 0 saturated heterocycles.